The number of carbonyl (C=O) groups excluding carboxylic acids is 2. The Morgan fingerprint density at radius 2 is 1.89 bits per heavy atom. The van der Waals surface area contributed by atoms with Crippen molar-refractivity contribution >= 4 is 44.8 Å². The molecule has 0 aliphatic rings. The summed E-state index contributed by atoms with van der Waals surface area (Å²) >= 11 is 7.57. The van der Waals surface area contributed by atoms with Crippen LogP contribution in [0.15, 0.2) is 42.5 Å². The lowest BCUT2D eigenvalue weighted by Gasteiger charge is -2.15. The van der Waals surface area contributed by atoms with Gasteiger partial charge in [-0.25, -0.2) is 4.39 Å². The first-order valence-electron chi connectivity index (χ1n) is 8.07. The van der Waals surface area contributed by atoms with E-state index in [2.05, 4.69) is 10.9 Å². The third-order valence-electron chi connectivity index (χ3n) is 3.88. The van der Waals surface area contributed by atoms with Crippen molar-refractivity contribution in [2.75, 3.05) is 0 Å². The van der Waals surface area contributed by atoms with Crippen LogP contribution in [0, 0.1) is 12.7 Å². The van der Waals surface area contributed by atoms with Gasteiger partial charge in [0, 0.05) is 10.1 Å². The van der Waals surface area contributed by atoms with Crippen LogP contribution >= 0.6 is 22.9 Å². The lowest BCUT2D eigenvalue weighted by molar-refractivity contribution is -0.128. The largest absolute Gasteiger partial charge is 0.478 e. The number of hydrazine groups is 1. The molecule has 0 unspecified atom stereocenters. The molecule has 1 heterocycles. The van der Waals surface area contributed by atoms with E-state index in [1.54, 1.807) is 6.07 Å². The molecular weight excluding hydrogens is 391 g/mol. The van der Waals surface area contributed by atoms with Crippen LogP contribution in [0.4, 0.5) is 4.39 Å². The second kappa shape index (κ2) is 7.94. The number of amides is 2. The van der Waals surface area contributed by atoms with E-state index in [0.717, 1.165) is 15.6 Å². The Kier molecular flexibility index (Phi) is 5.62. The van der Waals surface area contributed by atoms with Gasteiger partial charge < -0.3 is 4.74 Å². The van der Waals surface area contributed by atoms with E-state index >= 15 is 0 Å². The summed E-state index contributed by atoms with van der Waals surface area (Å²) in [6, 6.07) is 11.4. The van der Waals surface area contributed by atoms with E-state index < -0.39 is 23.7 Å². The van der Waals surface area contributed by atoms with Gasteiger partial charge in [0.25, 0.3) is 11.8 Å². The Labute approximate surface area is 164 Å². The molecule has 0 bridgehead atoms. The summed E-state index contributed by atoms with van der Waals surface area (Å²) in [6.07, 6.45) is -1.01. The number of hydrogen-bond acceptors (Lipinski definition) is 4. The van der Waals surface area contributed by atoms with Gasteiger partial charge in [0.15, 0.2) is 17.7 Å². The minimum absolute atomic E-state index is 0.0468. The number of nitrogens with one attached hydrogen (secondary N) is 2. The quantitative estimate of drug-likeness (QED) is 0.637. The number of ether oxygens (including phenoxy) is 1. The van der Waals surface area contributed by atoms with E-state index in [1.807, 2.05) is 25.1 Å². The van der Waals surface area contributed by atoms with Crippen LogP contribution in [0.1, 0.15) is 22.2 Å². The number of thiophene rings is 1. The summed E-state index contributed by atoms with van der Waals surface area (Å²) in [5.41, 5.74) is 5.55. The van der Waals surface area contributed by atoms with E-state index in [0.29, 0.717) is 9.90 Å². The normalized spacial score (nSPS) is 11.9. The van der Waals surface area contributed by atoms with Crippen molar-refractivity contribution < 1.29 is 18.7 Å². The molecule has 2 amide bonds. The number of rotatable bonds is 4. The molecule has 8 heteroatoms. The third kappa shape index (κ3) is 4.04. The molecule has 140 valence electrons. The van der Waals surface area contributed by atoms with Crippen molar-refractivity contribution in [1.82, 2.24) is 10.9 Å². The highest BCUT2D eigenvalue weighted by Crippen LogP contribution is 2.37. The molecule has 0 spiro atoms. The number of para-hydroxylation sites is 1. The standard InChI is InChI=1S/C19H16ClFN2O3S/c1-10-6-5-9-14-15(10)16(20)17(27-14)19(25)23-22-18(24)11(2)26-13-8-4-3-7-12(13)21/h3-9,11H,1-2H3,(H,22,24)(H,23,25)/t11-/m0/s1. The molecule has 2 aromatic carbocycles. The second-order valence-corrected chi connectivity index (χ2v) is 7.26. The molecule has 5 nitrogen and oxygen atoms in total. The molecule has 0 radical (unpaired) electrons. The fraction of sp³-hybridized carbons (Fsp3) is 0.158. The number of halogens is 2. The van der Waals surface area contributed by atoms with Crippen LogP contribution in [0.2, 0.25) is 5.02 Å². The number of carbonyl (C=O) groups is 2. The van der Waals surface area contributed by atoms with E-state index in [9.17, 15) is 14.0 Å². The maximum atomic E-state index is 13.6. The third-order valence-corrected chi connectivity index (χ3v) is 5.52. The smallest absolute Gasteiger partial charge is 0.281 e. The molecule has 1 atom stereocenters. The average Bonchev–Trinajstić information content (AvgIpc) is 2.99. The zero-order chi connectivity index (χ0) is 19.6. The van der Waals surface area contributed by atoms with Crippen LogP contribution in [-0.4, -0.2) is 17.9 Å². The topological polar surface area (TPSA) is 67.4 Å². The summed E-state index contributed by atoms with van der Waals surface area (Å²) in [6.45, 7) is 3.36. The monoisotopic (exact) mass is 406 g/mol. The highest BCUT2D eigenvalue weighted by molar-refractivity contribution is 7.21. The first kappa shape index (κ1) is 19.1. The highest BCUT2D eigenvalue weighted by atomic mass is 35.5. The Bertz CT molecular complexity index is 1020. The number of benzene rings is 2. The second-order valence-electron chi connectivity index (χ2n) is 5.83. The van der Waals surface area contributed by atoms with Gasteiger partial charge in [0.05, 0.1) is 5.02 Å². The van der Waals surface area contributed by atoms with Crippen molar-refractivity contribution in [3.05, 3.63) is 63.7 Å². The summed E-state index contributed by atoms with van der Waals surface area (Å²) < 4.78 is 19.7. The van der Waals surface area contributed by atoms with Crippen LogP contribution in [0.5, 0.6) is 5.75 Å². The van der Waals surface area contributed by atoms with Crippen molar-refractivity contribution in [3.63, 3.8) is 0 Å². The molecule has 0 saturated heterocycles. The Morgan fingerprint density at radius 3 is 2.59 bits per heavy atom. The Balaban J connectivity index is 1.65. The first-order chi connectivity index (χ1) is 12.9. The van der Waals surface area contributed by atoms with Crippen LogP contribution in [0.25, 0.3) is 10.1 Å². The minimum atomic E-state index is -1.01. The van der Waals surface area contributed by atoms with Gasteiger partial charge in [0.1, 0.15) is 4.88 Å². The van der Waals surface area contributed by atoms with E-state index in [-0.39, 0.29) is 5.75 Å². The Hall–Kier alpha value is -2.64. The predicted molar refractivity (Wildman–Crippen MR) is 104 cm³/mol. The van der Waals surface area contributed by atoms with Crippen LogP contribution in [-0.2, 0) is 4.79 Å². The molecule has 0 aliphatic heterocycles. The van der Waals surface area contributed by atoms with Crippen LogP contribution < -0.4 is 15.6 Å². The average molecular weight is 407 g/mol. The van der Waals surface area contributed by atoms with Gasteiger partial charge in [-0.05, 0) is 37.6 Å². The molecule has 27 heavy (non-hydrogen) atoms. The molecule has 3 aromatic rings. The van der Waals surface area contributed by atoms with Gasteiger partial charge in [-0.3, -0.25) is 20.4 Å². The van der Waals surface area contributed by atoms with Gasteiger partial charge in [-0.2, -0.15) is 0 Å². The molecule has 3 rings (SSSR count). The lowest BCUT2D eigenvalue weighted by Crippen LogP contribution is -2.47. The lowest BCUT2D eigenvalue weighted by atomic mass is 10.1. The predicted octanol–water partition coefficient (Wildman–Crippen LogP) is 4.23. The zero-order valence-electron chi connectivity index (χ0n) is 14.5. The van der Waals surface area contributed by atoms with E-state index in [1.165, 1.54) is 36.5 Å². The SMILES string of the molecule is Cc1cccc2sc(C(=O)NNC(=O)[C@H](C)Oc3ccccc3F)c(Cl)c12. The van der Waals surface area contributed by atoms with Crippen molar-refractivity contribution in [2.45, 2.75) is 20.0 Å². The highest BCUT2D eigenvalue weighted by Gasteiger charge is 2.21. The van der Waals surface area contributed by atoms with Gasteiger partial charge in [-0.1, -0.05) is 35.9 Å². The number of aryl methyl sites for hydroxylation is 1. The van der Waals surface area contributed by atoms with Crippen molar-refractivity contribution in [1.29, 1.82) is 0 Å². The fourth-order valence-corrected chi connectivity index (χ4v) is 4.06. The number of hydrogen-bond donors (Lipinski definition) is 2. The molecule has 2 N–H and O–H groups in total. The van der Waals surface area contributed by atoms with Gasteiger partial charge in [-0.15, -0.1) is 11.3 Å². The molecular formula is C19H16ClFN2O3S. The first-order valence-corrected chi connectivity index (χ1v) is 9.27. The molecule has 1 aromatic heterocycles. The van der Waals surface area contributed by atoms with Crippen LogP contribution in [0.3, 0.4) is 0 Å². The molecule has 0 aliphatic carbocycles. The van der Waals surface area contributed by atoms with Crippen molar-refractivity contribution in [2.24, 2.45) is 0 Å². The summed E-state index contributed by atoms with van der Waals surface area (Å²) in [5, 5.41) is 1.16. The van der Waals surface area contributed by atoms with Gasteiger partial charge >= 0.3 is 0 Å². The maximum Gasteiger partial charge on any atom is 0.281 e. The minimum Gasteiger partial charge on any atom is -0.478 e. The van der Waals surface area contributed by atoms with Gasteiger partial charge in [0.2, 0.25) is 0 Å². The van der Waals surface area contributed by atoms with Crippen molar-refractivity contribution in [3.8, 4) is 5.75 Å². The molecule has 0 fully saturated rings. The zero-order valence-corrected chi connectivity index (χ0v) is 16.1. The Morgan fingerprint density at radius 1 is 1.15 bits per heavy atom. The fourth-order valence-electron chi connectivity index (χ4n) is 2.48. The molecule has 0 saturated carbocycles. The number of fused-ring (bicyclic) bond motifs is 1. The van der Waals surface area contributed by atoms with E-state index in [4.69, 9.17) is 16.3 Å². The summed E-state index contributed by atoms with van der Waals surface area (Å²) in [4.78, 5) is 24.8. The summed E-state index contributed by atoms with van der Waals surface area (Å²) in [7, 11) is 0. The maximum absolute atomic E-state index is 13.6. The summed E-state index contributed by atoms with van der Waals surface area (Å²) in [5.74, 6) is -1.78.